The van der Waals surface area contributed by atoms with Gasteiger partial charge in [-0.3, -0.25) is 14.9 Å². The Bertz CT molecular complexity index is 888. The van der Waals surface area contributed by atoms with E-state index in [1.807, 2.05) is 45.0 Å². The minimum atomic E-state index is -0.471. The first-order chi connectivity index (χ1) is 12.2. The highest BCUT2D eigenvalue weighted by molar-refractivity contribution is 6.01. The van der Waals surface area contributed by atoms with E-state index in [0.29, 0.717) is 11.5 Å². The van der Waals surface area contributed by atoms with Crippen LogP contribution in [0.1, 0.15) is 59.5 Å². The Kier molecular flexibility index (Phi) is 5.83. The molecule has 0 atom stereocenters. The maximum Gasteiger partial charge on any atom is 0.264 e. The number of nitrogens with one attached hydrogen (secondary N) is 1. The van der Waals surface area contributed by atoms with Gasteiger partial charge in [0.25, 0.3) is 5.91 Å². The van der Waals surface area contributed by atoms with Crippen LogP contribution in [0.3, 0.4) is 0 Å². The number of nitriles is 1. The highest BCUT2D eigenvalue weighted by Gasteiger charge is 2.22. The van der Waals surface area contributed by atoms with Crippen molar-refractivity contribution in [2.75, 3.05) is 11.9 Å². The first-order valence-electron chi connectivity index (χ1n) is 8.32. The lowest BCUT2D eigenvalue weighted by Crippen LogP contribution is -2.21. The smallest absolute Gasteiger partial charge is 0.264 e. The highest BCUT2D eigenvalue weighted by Crippen LogP contribution is 2.28. The van der Waals surface area contributed by atoms with Gasteiger partial charge in [-0.15, -0.1) is 0 Å². The first kappa shape index (κ1) is 19.3. The zero-order valence-corrected chi connectivity index (χ0v) is 15.6. The molecule has 1 heterocycles. The predicted molar refractivity (Wildman–Crippen MR) is 97.6 cm³/mol. The standard InChI is InChI=1S/C20H22N2O4/c1-11(2)15-7-6-12(3)8-17(15)25-10-18(24)22-20-16(9-21)19(13(4)23)14(5)26-20/h6-8,11H,10H2,1-5H3,(H,22,24). The van der Waals surface area contributed by atoms with E-state index in [4.69, 9.17) is 9.15 Å². The fraction of sp³-hybridized carbons (Fsp3) is 0.350. The molecular formula is C20H22N2O4. The van der Waals surface area contributed by atoms with Crippen LogP contribution >= 0.6 is 0 Å². The molecule has 0 aliphatic heterocycles. The Morgan fingerprint density at radius 1 is 1.31 bits per heavy atom. The largest absolute Gasteiger partial charge is 0.483 e. The van der Waals surface area contributed by atoms with E-state index >= 15 is 0 Å². The van der Waals surface area contributed by atoms with Gasteiger partial charge in [0.1, 0.15) is 23.1 Å². The summed E-state index contributed by atoms with van der Waals surface area (Å²) in [7, 11) is 0. The van der Waals surface area contributed by atoms with Gasteiger partial charge in [0.15, 0.2) is 12.4 Å². The molecule has 0 fully saturated rings. The summed E-state index contributed by atoms with van der Waals surface area (Å²) in [5.41, 5.74) is 2.25. The number of furan rings is 1. The zero-order valence-electron chi connectivity index (χ0n) is 15.6. The fourth-order valence-corrected chi connectivity index (χ4v) is 2.71. The summed E-state index contributed by atoms with van der Waals surface area (Å²) in [6.07, 6.45) is 0. The highest BCUT2D eigenvalue weighted by atomic mass is 16.5. The van der Waals surface area contributed by atoms with Gasteiger partial charge in [-0.2, -0.15) is 5.26 Å². The summed E-state index contributed by atoms with van der Waals surface area (Å²) >= 11 is 0. The third kappa shape index (κ3) is 4.12. The number of amides is 1. The average molecular weight is 354 g/mol. The predicted octanol–water partition coefficient (Wildman–Crippen LogP) is 4.11. The molecule has 0 bridgehead atoms. The van der Waals surface area contributed by atoms with Gasteiger partial charge >= 0.3 is 0 Å². The van der Waals surface area contributed by atoms with Crippen LogP contribution in [0, 0.1) is 25.2 Å². The number of benzene rings is 1. The molecular weight excluding hydrogens is 332 g/mol. The van der Waals surface area contributed by atoms with Gasteiger partial charge in [-0.05, 0) is 43.9 Å². The molecule has 26 heavy (non-hydrogen) atoms. The first-order valence-corrected chi connectivity index (χ1v) is 8.32. The van der Waals surface area contributed by atoms with E-state index in [1.54, 1.807) is 6.92 Å². The van der Waals surface area contributed by atoms with Crippen molar-refractivity contribution in [3.05, 3.63) is 46.2 Å². The number of aryl methyl sites for hydroxylation is 2. The van der Waals surface area contributed by atoms with Gasteiger partial charge in [-0.25, -0.2) is 0 Å². The fourth-order valence-electron chi connectivity index (χ4n) is 2.71. The third-order valence-electron chi connectivity index (χ3n) is 3.95. The second-order valence-corrected chi connectivity index (χ2v) is 6.44. The van der Waals surface area contributed by atoms with Crippen LogP contribution in [-0.2, 0) is 4.79 Å². The number of carbonyl (C=O) groups excluding carboxylic acids is 2. The molecule has 0 spiro atoms. The van der Waals surface area contributed by atoms with Crippen LogP contribution in [0.15, 0.2) is 22.6 Å². The monoisotopic (exact) mass is 354 g/mol. The van der Waals surface area contributed by atoms with Crippen molar-refractivity contribution in [2.45, 2.75) is 40.5 Å². The van der Waals surface area contributed by atoms with Crippen molar-refractivity contribution < 1.29 is 18.7 Å². The van der Waals surface area contributed by atoms with Crippen LogP contribution < -0.4 is 10.1 Å². The maximum absolute atomic E-state index is 12.2. The number of rotatable bonds is 6. The molecule has 0 saturated heterocycles. The van der Waals surface area contributed by atoms with E-state index in [9.17, 15) is 14.9 Å². The van der Waals surface area contributed by atoms with Crippen LogP contribution in [0.2, 0.25) is 0 Å². The molecule has 1 N–H and O–H groups in total. The van der Waals surface area contributed by atoms with Crippen molar-refractivity contribution >= 4 is 17.6 Å². The molecule has 0 unspecified atom stereocenters. The molecule has 1 amide bonds. The second-order valence-electron chi connectivity index (χ2n) is 6.44. The number of hydrogen-bond acceptors (Lipinski definition) is 5. The number of ketones is 1. The maximum atomic E-state index is 12.2. The van der Waals surface area contributed by atoms with Gasteiger partial charge in [0.2, 0.25) is 5.88 Å². The van der Waals surface area contributed by atoms with E-state index in [1.165, 1.54) is 6.92 Å². The lowest BCUT2D eigenvalue weighted by molar-refractivity contribution is -0.118. The molecule has 0 aliphatic carbocycles. The molecule has 1 aromatic heterocycles. The minimum absolute atomic E-state index is 0.0294. The lowest BCUT2D eigenvalue weighted by atomic mass is 10.0. The Morgan fingerprint density at radius 2 is 2.00 bits per heavy atom. The number of nitrogens with zero attached hydrogens (tertiary/aromatic N) is 1. The van der Waals surface area contributed by atoms with Crippen LogP contribution in [-0.4, -0.2) is 18.3 Å². The molecule has 1 aromatic carbocycles. The SMILES string of the molecule is CC(=O)c1c(C)oc(NC(=O)COc2cc(C)ccc2C(C)C)c1C#N. The van der Waals surface area contributed by atoms with Gasteiger partial charge in [-0.1, -0.05) is 26.0 Å². The molecule has 2 rings (SSSR count). The Balaban J connectivity index is 2.14. The van der Waals surface area contributed by atoms with Crippen LogP contribution in [0.25, 0.3) is 0 Å². The van der Waals surface area contributed by atoms with E-state index in [-0.39, 0.29) is 35.3 Å². The number of Topliss-reactive ketones (excluding diaryl/α,β-unsaturated/α-hetero) is 1. The Hall–Kier alpha value is -3.07. The van der Waals surface area contributed by atoms with Gasteiger partial charge < -0.3 is 9.15 Å². The zero-order chi connectivity index (χ0) is 19.4. The summed E-state index contributed by atoms with van der Waals surface area (Å²) < 4.78 is 11.0. The molecule has 0 radical (unpaired) electrons. The van der Waals surface area contributed by atoms with Crippen molar-refractivity contribution in [1.82, 2.24) is 0 Å². The summed E-state index contributed by atoms with van der Waals surface area (Å²) in [6.45, 7) is 8.73. The average Bonchev–Trinajstić information content (AvgIpc) is 2.87. The summed E-state index contributed by atoms with van der Waals surface area (Å²) in [4.78, 5) is 23.9. The van der Waals surface area contributed by atoms with E-state index in [0.717, 1.165) is 11.1 Å². The summed E-state index contributed by atoms with van der Waals surface area (Å²) in [6, 6.07) is 7.77. The van der Waals surface area contributed by atoms with Gasteiger partial charge in [0, 0.05) is 0 Å². The molecule has 2 aromatic rings. The normalized spacial score (nSPS) is 10.5. The van der Waals surface area contributed by atoms with Crippen molar-refractivity contribution in [3.63, 3.8) is 0 Å². The summed E-state index contributed by atoms with van der Waals surface area (Å²) in [5, 5.41) is 11.8. The Labute approximate surface area is 152 Å². The van der Waals surface area contributed by atoms with E-state index in [2.05, 4.69) is 5.32 Å². The molecule has 6 heteroatoms. The molecule has 0 saturated carbocycles. The molecule has 6 nitrogen and oxygen atoms in total. The topological polar surface area (TPSA) is 92.3 Å². The van der Waals surface area contributed by atoms with Crippen molar-refractivity contribution in [1.29, 1.82) is 5.26 Å². The lowest BCUT2D eigenvalue weighted by Gasteiger charge is -2.14. The number of ether oxygens (including phenoxy) is 1. The number of hydrogen-bond donors (Lipinski definition) is 1. The minimum Gasteiger partial charge on any atom is -0.483 e. The van der Waals surface area contributed by atoms with Crippen molar-refractivity contribution in [2.24, 2.45) is 0 Å². The Morgan fingerprint density at radius 3 is 2.58 bits per heavy atom. The molecule has 0 aliphatic rings. The summed E-state index contributed by atoms with van der Waals surface area (Å²) in [5.74, 6) is 0.408. The quantitative estimate of drug-likeness (QED) is 0.788. The second kappa shape index (κ2) is 7.87. The van der Waals surface area contributed by atoms with Crippen molar-refractivity contribution in [3.8, 4) is 11.8 Å². The molecule has 136 valence electrons. The van der Waals surface area contributed by atoms with E-state index < -0.39 is 5.91 Å². The van der Waals surface area contributed by atoms with Gasteiger partial charge in [0.05, 0.1) is 5.56 Å². The third-order valence-corrected chi connectivity index (χ3v) is 3.95. The number of carbonyl (C=O) groups is 2. The van der Waals surface area contributed by atoms with Crippen LogP contribution in [0.4, 0.5) is 5.88 Å². The number of anilines is 1. The van der Waals surface area contributed by atoms with Crippen LogP contribution in [0.5, 0.6) is 5.75 Å².